The molecule has 3 aromatic rings. The first-order chi connectivity index (χ1) is 15.5. The average molecular weight is 432 g/mol. The molecule has 8 nitrogen and oxygen atoms in total. The van der Waals surface area contributed by atoms with Crippen LogP contribution in [0.5, 0.6) is 17.2 Å². The molecule has 0 saturated heterocycles. The monoisotopic (exact) mass is 432 g/mol. The van der Waals surface area contributed by atoms with Crippen molar-refractivity contribution in [1.29, 1.82) is 0 Å². The Bertz CT molecular complexity index is 1140. The molecule has 1 aliphatic carbocycles. The van der Waals surface area contributed by atoms with Crippen LogP contribution < -0.4 is 25.4 Å². The molecule has 0 spiro atoms. The molecule has 0 aliphatic heterocycles. The predicted molar refractivity (Wildman–Crippen MR) is 120 cm³/mol. The van der Waals surface area contributed by atoms with Crippen molar-refractivity contribution in [3.63, 3.8) is 0 Å². The highest BCUT2D eigenvalue weighted by Crippen LogP contribution is 2.46. The summed E-state index contributed by atoms with van der Waals surface area (Å²) in [4.78, 5) is 28.5. The topological polar surface area (TPSA) is 102 Å². The molecule has 1 aromatic heterocycles. The molecule has 0 bridgehead atoms. The van der Waals surface area contributed by atoms with E-state index >= 15 is 0 Å². The van der Waals surface area contributed by atoms with Gasteiger partial charge in [0.2, 0.25) is 0 Å². The van der Waals surface area contributed by atoms with Gasteiger partial charge in [0.25, 0.3) is 5.91 Å². The third-order valence-corrected chi connectivity index (χ3v) is 5.27. The Morgan fingerprint density at radius 2 is 1.78 bits per heavy atom. The maximum absolute atomic E-state index is 12.7. The fourth-order valence-electron chi connectivity index (χ4n) is 3.45. The Balaban J connectivity index is 1.47. The highest BCUT2D eigenvalue weighted by Gasteiger charge is 2.46. The number of aromatic nitrogens is 1. The van der Waals surface area contributed by atoms with Crippen LogP contribution in [0.25, 0.3) is 0 Å². The van der Waals surface area contributed by atoms with E-state index in [4.69, 9.17) is 9.47 Å². The van der Waals surface area contributed by atoms with Crippen LogP contribution in [0.2, 0.25) is 0 Å². The molecule has 1 fully saturated rings. The molecule has 1 heterocycles. The number of nitrogens with zero attached hydrogens (tertiary/aromatic N) is 1. The first-order valence-corrected chi connectivity index (χ1v) is 10.2. The van der Waals surface area contributed by atoms with Crippen LogP contribution >= 0.6 is 0 Å². The maximum Gasteiger partial charge on any atom is 0.320 e. The summed E-state index contributed by atoms with van der Waals surface area (Å²) in [7, 11) is 3.11. The lowest BCUT2D eigenvalue weighted by molar-refractivity contribution is 0.0958. The van der Waals surface area contributed by atoms with Crippen molar-refractivity contribution in [1.82, 2.24) is 15.6 Å². The lowest BCUT2D eigenvalue weighted by Crippen LogP contribution is -2.38. The van der Waals surface area contributed by atoms with E-state index < -0.39 is 5.54 Å². The number of nitrogens with one attached hydrogen (secondary N) is 3. The smallest absolute Gasteiger partial charge is 0.320 e. The molecule has 4 rings (SSSR count). The van der Waals surface area contributed by atoms with Gasteiger partial charge in [-0.05, 0) is 48.7 Å². The first-order valence-electron chi connectivity index (χ1n) is 10.2. The number of carbonyl (C=O) groups is 2. The van der Waals surface area contributed by atoms with Gasteiger partial charge >= 0.3 is 6.03 Å². The van der Waals surface area contributed by atoms with Crippen molar-refractivity contribution in [3.8, 4) is 17.2 Å². The summed E-state index contributed by atoms with van der Waals surface area (Å²) in [6, 6.07) is 17.8. The molecule has 32 heavy (non-hydrogen) atoms. The van der Waals surface area contributed by atoms with Crippen molar-refractivity contribution in [2.24, 2.45) is 0 Å². The third kappa shape index (κ3) is 4.64. The van der Waals surface area contributed by atoms with Crippen molar-refractivity contribution in [3.05, 3.63) is 78.1 Å². The molecule has 2 aromatic carbocycles. The van der Waals surface area contributed by atoms with Gasteiger partial charge in [-0.25, -0.2) is 4.79 Å². The highest BCUT2D eigenvalue weighted by molar-refractivity contribution is 5.92. The van der Waals surface area contributed by atoms with Crippen LogP contribution in [0.1, 0.15) is 28.9 Å². The SMILES string of the molecule is CNC(=O)c1cc(Oc2cccc(C3(NC(=O)Nc4ccccc4OC)CC3)c2)ccn1. The van der Waals surface area contributed by atoms with Gasteiger partial charge in [-0.1, -0.05) is 24.3 Å². The van der Waals surface area contributed by atoms with E-state index in [-0.39, 0.29) is 17.6 Å². The molecule has 0 radical (unpaired) electrons. The van der Waals surface area contributed by atoms with Crippen LogP contribution in [-0.2, 0) is 5.54 Å². The Hall–Kier alpha value is -4.07. The summed E-state index contributed by atoms with van der Waals surface area (Å²) in [5, 5.41) is 8.48. The van der Waals surface area contributed by atoms with E-state index in [0.29, 0.717) is 22.9 Å². The summed E-state index contributed by atoms with van der Waals surface area (Å²) in [6.07, 6.45) is 3.17. The number of ether oxygens (including phenoxy) is 2. The van der Waals surface area contributed by atoms with Crippen molar-refractivity contribution in [2.75, 3.05) is 19.5 Å². The van der Waals surface area contributed by atoms with Gasteiger partial charge in [0.15, 0.2) is 0 Å². The van der Waals surface area contributed by atoms with Crippen LogP contribution in [0.3, 0.4) is 0 Å². The molecular formula is C24H24N4O4. The number of anilines is 1. The van der Waals surface area contributed by atoms with Crippen LogP contribution in [0, 0.1) is 0 Å². The van der Waals surface area contributed by atoms with Gasteiger partial charge in [0, 0.05) is 19.3 Å². The fourth-order valence-corrected chi connectivity index (χ4v) is 3.45. The minimum Gasteiger partial charge on any atom is -0.495 e. The number of benzene rings is 2. The zero-order chi connectivity index (χ0) is 22.6. The van der Waals surface area contributed by atoms with Crippen LogP contribution in [0.15, 0.2) is 66.9 Å². The largest absolute Gasteiger partial charge is 0.495 e. The van der Waals surface area contributed by atoms with Gasteiger partial charge in [0.1, 0.15) is 22.9 Å². The zero-order valence-electron chi connectivity index (χ0n) is 17.8. The molecule has 8 heteroatoms. The minimum atomic E-state index is -0.447. The van der Waals surface area contributed by atoms with Gasteiger partial charge in [0.05, 0.1) is 18.3 Å². The normalized spacial score (nSPS) is 13.6. The number of pyridine rings is 1. The molecule has 164 valence electrons. The molecule has 1 saturated carbocycles. The molecular weight excluding hydrogens is 408 g/mol. The van der Waals surface area contributed by atoms with E-state index in [1.165, 1.54) is 6.20 Å². The van der Waals surface area contributed by atoms with Crippen molar-refractivity contribution < 1.29 is 19.1 Å². The Morgan fingerprint density at radius 1 is 1.00 bits per heavy atom. The summed E-state index contributed by atoms with van der Waals surface area (Å²) >= 11 is 0. The van der Waals surface area contributed by atoms with Crippen molar-refractivity contribution >= 4 is 17.6 Å². The number of carbonyl (C=O) groups excluding carboxylic acids is 2. The number of rotatable bonds is 7. The van der Waals surface area contributed by atoms with E-state index in [2.05, 4.69) is 20.9 Å². The zero-order valence-corrected chi connectivity index (χ0v) is 17.8. The third-order valence-electron chi connectivity index (χ3n) is 5.27. The van der Waals surface area contributed by atoms with E-state index in [1.54, 1.807) is 38.4 Å². The van der Waals surface area contributed by atoms with E-state index in [0.717, 1.165) is 18.4 Å². The van der Waals surface area contributed by atoms with Gasteiger partial charge < -0.3 is 25.4 Å². The minimum absolute atomic E-state index is 0.273. The number of urea groups is 1. The quantitative estimate of drug-likeness (QED) is 0.523. The number of hydrogen-bond acceptors (Lipinski definition) is 5. The van der Waals surface area contributed by atoms with Crippen molar-refractivity contribution in [2.45, 2.75) is 18.4 Å². The average Bonchev–Trinajstić information content (AvgIpc) is 3.59. The molecule has 3 amide bonds. The Labute approximate surface area is 186 Å². The van der Waals surface area contributed by atoms with Gasteiger partial charge in [-0.2, -0.15) is 0 Å². The summed E-state index contributed by atoms with van der Waals surface area (Å²) in [5.41, 5.74) is 1.38. The number of methoxy groups -OCH3 is 1. The molecule has 0 unspecified atom stereocenters. The summed E-state index contributed by atoms with van der Waals surface area (Å²) < 4.78 is 11.2. The Morgan fingerprint density at radius 3 is 2.53 bits per heavy atom. The predicted octanol–water partition coefficient (Wildman–Crippen LogP) is 4.05. The molecule has 3 N–H and O–H groups in total. The van der Waals surface area contributed by atoms with E-state index in [1.807, 2.05) is 36.4 Å². The maximum atomic E-state index is 12.7. The van der Waals surface area contributed by atoms with Gasteiger partial charge in [-0.15, -0.1) is 0 Å². The fraction of sp³-hybridized carbons (Fsp3) is 0.208. The second kappa shape index (κ2) is 8.97. The molecule has 0 atom stereocenters. The van der Waals surface area contributed by atoms with E-state index in [9.17, 15) is 9.59 Å². The Kier molecular flexibility index (Phi) is 5.93. The second-order valence-electron chi connectivity index (χ2n) is 7.45. The highest BCUT2D eigenvalue weighted by atomic mass is 16.5. The lowest BCUT2D eigenvalue weighted by atomic mass is 10.0. The molecule has 1 aliphatic rings. The summed E-state index contributed by atoms with van der Waals surface area (Å²) in [6.45, 7) is 0. The second-order valence-corrected chi connectivity index (χ2v) is 7.45. The summed E-state index contributed by atoms with van der Waals surface area (Å²) in [5.74, 6) is 1.42. The van der Waals surface area contributed by atoms with Crippen LogP contribution in [-0.4, -0.2) is 31.1 Å². The first kappa shape index (κ1) is 21.2. The standard InChI is InChI=1S/C24H24N4O4/c1-25-22(29)20-15-18(10-13-26-20)32-17-7-5-6-16(14-17)24(11-12-24)28-23(30)27-19-8-3-4-9-21(19)31-2/h3-10,13-15H,11-12H2,1-2H3,(H,25,29)(H2,27,28,30). The number of para-hydroxylation sites is 2. The van der Waals surface area contributed by atoms with Gasteiger partial charge in [-0.3, -0.25) is 9.78 Å². The number of hydrogen-bond donors (Lipinski definition) is 3. The number of amides is 3. The lowest BCUT2D eigenvalue weighted by Gasteiger charge is -2.20. The van der Waals surface area contributed by atoms with Crippen LogP contribution in [0.4, 0.5) is 10.5 Å².